The minimum Gasteiger partial charge on any atom is -0.316 e. The highest BCUT2D eigenvalue weighted by Crippen LogP contribution is 2.33. The van der Waals surface area contributed by atoms with Crippen LogP contribution < -0.4 is 5.32 Å². The number of rotatable bonds is 2. The number of benzene rings is 1. The maximum atomic E-state index is 12.7. The van der Waals surface area contributed by atoms with Crippen molar-refractivity contribution in [1.82, 2.24) is 9.62 Å². The third kappa shape index (κ3) is 3.41. The fourth-order valence-electron chi connectivity index (χ4n) is 3.04. The molecule has 3 rings (SSSR count). The molecule has 2 fully saturated rings. The van der Waals surface area contributed by atoms with Gasteiger partial charge in [0.1, 0.15) is 4.90 Å². The molecule has 1 aromatic rings. The maximum Gasteiger partial charge on any atom is 0.244 e. The summed E-state index contributed by atoms with van der Waals surface area (Å²) in [6.45, 7) is 3.09. The first kappa shape index (κ1) is 17.5. The molecule has 21 heavy (non-hydrogen) atoms. The van der Waals surface area contributed by atoms with Crippen molar-refractivity contribution in [2.45, 2.75) is 11.3 Å². The van der Waals surface area contributed by atoms with Crippen molar-refractivity contribution >= 4 is 50.0 Å². The van der Waals surface area contributed by atoms with Gasteiger partial charge in [-0.3, -0.25) is 0 Å². The third-order valence-corrected chi connectivity index (χ3v) is 7.02. The smallest absolute Gasteiger partial charge is 0.244 e. The molecule has 8 heteroatoms. The van der Waals surface area contributed by atoms with Crippen LogP contribution in [0.5, 0.6) is 0 Å². The van der Waals surface area contributed by atoms with E-state index in [1.165, 1.54) is 0 Å². The lowest BCUT2D eigenvalue weighted by molar-refractivity contribution is 0.228. The molecule has 2 heterocycles. The zero-order valence-electron chi connectivity index (χ0n) is 11.3. The molecule has 2 saturated heterocycles. The van der Waals surface area contributed by atoms with Crippen molar-refractivity contribution in [3.63, 3.8) is 0 Å². The molecule has 0 radical (unpaired) electrons. The predicted octanol–water partition coefficient (Wildman–Crippen LogP) is 2.75. The first-order valence-electron chi connectivity index (χ1n) is 6.64. The Morgan fingerprint density at radius 3 is 2.71 bits per heavy atom. The fourth-order valence-corrected chi connectivity index (χ4v) is 5.57. The Labute approximate surface area is 144 Å². The van der Waals surface area contributed by atoms with E-state index in [9.17, 15) is 8.42 Å². The van der Waals surface area contributed by atoms with Crippen molar-refractivity contribution in [1.29, 1.82) is 0 Å². The van der Waals surface area contributed by atoms with Gasteiger partial charge in [0.05, 0.1) is 5.02 Å². The molecule has 2 atom stereocenters. The molecule has 118 valence electrons. The number of halogens is 3. The van der Waals surface area contributed by atoms with Gasteiger partial charge in [0, 0.05) is 17.6 Å². The summed E-state index contributed by atoms with van der Waals surface area (Å²) in [5.41, 5.74) is 0. The minimum atomic E-state index is -3.50. The second-order valence-corrected chi connectivity index (χ2v) is 8.63. The van der Waals surface area contributed by atoms with Gasteiger partial charge in [-0.1, -0.05) is 27.5 Å². The van der Waals surface area contributed by atoms with Gasteiger partial charge in [-0.2, -0.15) is 4.31 Å². The molecule has 0 spiro atoms. The monoisotopic (exact) mass is 414 g/mol. The average Bonchev–Trinajstić information content (AvgIpc) is 2.85. The van der Waals surface area contributed by atoms with Gasteiger partial charge in [-0.15, -0.1) is 12.4 Å². The van der Waals surface area contributed by atoms with E-state index >= 15 is 0 Å². The number of sulfonamides is 1. The molecule has 2 aliphatic rings. The summed E-state index contributed by atoms with van der Waals surface area (Å²) in [5, 5.41) is 3.61. The Morgan fingerprint density at radius 2 is 2.00 bits per heavy atom. The van der Waals surface area contributed by atoms with E-state index in [1.807, 2.05) is 0 Å². The molecule has 0 aromatic heterocycles. The Bertz CT molecular complexity index is 627. The molecular formula is C13H17BrCl2N2O2S. The highest BCUT2D eigenvalue weighted by Gasteiger charge is 2.38. The van der Waals surface area contributed by atoms with Crippen LogP contribution in [0.4, 0.5) is 0 Å². The van der Waals surface area contributed by atoms with Crippen LogP contribution in [0.3, 0.4) is 0 Å². The van der Waals surface area contributed by atoms with E-state index in [1.54, 1.807) is 22.5 Å². The molecule has 2 aliphatic heterocycles. The number of hydrogen-bond donors (Lipinski definition) is 1. The van der Waals surface area contributed by atoms with Crippen molar-refractivity contribution in [2.75, 3.05) is 26.2 Å². The third-order valence-electron chi connectivity index (χ3n) is 4.18. The van der Waals surface area contributed by atoms with Crippen molar-refractivity contribution in [3.05, 3.63) is 27.7 Å². The maximum absolute atomic E-state index is 12.7. The van der Waals surface area contributed by atoms with Crippen LogP contribution in [0, 0.1) is 11.8 Å². The van der Waals surface area contributed by atoms with Crippen LogP contribution in [0.15, 0.2) is 27.6 Å². The quantitative estimate of drug-likeness (QED) is 0.807. The van der Waals surface area contributed by atoms with Crippen LogP contribution in [0.2, 0.25) is 5.02 Å². The number of piperidine rings is 1. The van der Waals surface area contributed by atoms with E-state index in [0.29, 0.717) is 24.9 Å². The summed E-state index contributed by atoms with van der Waals surface area (Å²) in [5.74, 6) is 1.04. The minimum absolute atomic E-state index is 0. The molecule has 1 aromatic carbocycles. The van der Waals surface area contributed by atoms with E-state index < -0.39 is 10.0 Å². The summed E-state index contributed by atoms with van der Waals surface area (Å²) in [4.78, 5) is 0.201. The number of fused-ring (bicyclic) bond motifs is 1. The van der Waals surface area contributed by atoms with Crippen LogP contribution >= 0.6 is 39.9 Å². The molecule has 0 bridgehead atoms. The normalized spacial score (nSPS) is 26.2. The Hall–Kier alpha value is 0.150. The number of hydrogen-bond acceptors (Lipinski definition) is 3. The van der Waals surface area contributed by atoms with Crippen molar-refractivity contribution in [2.24, 2.45) is 11.8 Å². The topological polar surface area (TPSA) is 49.4 Å². The van der Waals surface area contributed by atoms with E-state index in [2.05, 4.69) is 21.2 Å². The summed E-state index contributed by atoms with van der Waals surface area (Å²) in [7, 11) is -3.50. The highest BCUT2D eigenvalue weighted by atomic mass is 79.9. The Balaban J connectivity index is 0.00000161. The lowest BCUT2D eigenvalue weighted by atomic mass is 9.90. The highest BCUT2D eigenvalue weighted by molar-refractivity contribution is 9.10. The van der Waals surface area contributed by atoms with E-state index in [-0.39, 0.29) is 22.3 Å². The van der Waals surface area contributed by atoms with Gasteiger partial charge in [-0.25, -0.2) is 8.42 Å². The van der Waals surface area contributed by atoms with Crippen LogP contribution in [0.25, 0.3) is 0 Å². The molecule has 1 N–H and O–H groups in total. The van der Waals surface area contributed by atoms with Crippen LogP contribution in [0.1, 0.15) is 6.42 Å². The average molecular weight is 416 g/mol. The van der Waals surface area contributed by atoms with Gasteiger partial charge >= 0.3 is 0 Å². The molecule has 4 nitrogen and oxygen atoms in total. The molecule has 0 aliphatic carbocycles. The zero-order chi connectivity index (χ0) is 14.3. The first-order chi connectivity index (χ1) is 9.48. The first-order valence-corrected chi connectivity index (χ1v) is 9.25. The summed E-state index contributed by atoms with van der Waals surface area (Å²) in [6.07, 6.45) is 0.922. The SMILES string of the molecule is Cl.O=S(=O)(c1ccc(Br)cc1Cl)N1CCC2CNCC2C1. The lowest BCUT2D eigenvalue weighted by Crippen LogP contribution is -2.43. The predicted molar refractivity (Wildman–Crippen MR) is 89.6 cm³/mol. The molecule has 2 unspecified atom stereocenters. The Kier molecular flexibility index (Phi) is 5.60. The van der Waals surface area contributed by atoms with Gasteiger partial charge in [0.2, 0.25) is 10.0 Å². The molecule has 0 amide bonds. The number of nitrogens with zero attached hydrogens (tertiary/aromatic N) is 1. The van der Waals surface area contributed by atoms with E-state index in [4.69, 9.17) is 11.6 Å². The second-order valence-electron chi connectivity index (χ2n) is 5.40. The zero-order valence-corrected chi connectivity index (χ0v) is 15.2. The summed E-state index contributed by atoms with van der Waals surface area (Å²) in [6, 6.07) is 4.90. The summed E-state index contributed by atoms with van der Waals surface area (Å²) < 4.78 is 27.8. The lowest BCUT2D eigenvalue weighted by Gasteiger charge is -2.33. The van der Waals surface area contributed by atoms with Crippen molar-refractivity contribution < 1.29 is 8.42 Å². The van der Waals surface area contributed by atoms with Crippen molar-refractivity contribution in [3.8, 4) is 0 Å². The van der Waals surface area contributed by atoms with Crippen LogP contribution in [-0.4, -0.2) is 38.9 Å². The van der Waals surface area contributed by atoms with Gasteiger partial charge in [-0.05, 0) is 49.5 Å². The molecule has 0 saturated carbocycles. The Morgan fingerprint density at radius 1 is 1.29 bits per heavy atom. The largest absolute Gasteiger partial charge is 0.316 e. The van der Waals surface area contributed by atoms with Gasteiger partial charge < -0.3 is 5.32 Å². The van der Waals surface area contributed by atoms with Gasteiger partial charge in [0.25, 0.3) is 0 Å². The van der Waals surface area contributed by atoms with Crippen LogP contribution in [-0.2, 0) is 10.0 Å². The van der Waals surface area contributed by atoms with Gasteiger partial charge in [0.15, 0.2) is 0 Å². The van der Waals surface area contributed by atoms with E-state index in [0.717, 1.165) is 24.0 Å². The second kappa shape index (κ2) is 6.72. The standard InChI is InChI=1S/C13H16BrClN2O2S.ClH/c14-11-1-2-13(12(15)5-11)20(18,19)17-4-3-9-6-16-7-10(9)8-17;/h1-2,5,9-10,16H,3-4,6-8H2;1H. The molecular weight excluding hydrogens is 399 g/mol. The number of nitrogens with one attached hydrogen (secondary N) is 1. The summed E-state index contributed by atoms with van der Waals surface area (Å²) >= 11 is 9.39. The fraction of sp³-hybridized carbons (Fsp3) is 0.538.